The Morgan fingerprint density at radius 2 is 1.86 bits per heavy atom. The second-order valence-electron chi connectivity index (χ2n) is 4.55. The van der Waals surface area contributed by atoms with E-state index in [1.807, 2.05) is 0 Å². The van der Waals surface area contributed by atoms with Crippen LogP contribution in [0.1, 0.15) is 30.5 Å². The number of nitrogens with one attached hydrogen (secondary N) is 1. The number of benzene rings is 1. The molecule has 1 aliphatic rings. The van der Waals surface area contributed by atoms with Gasteiger partial charge in [0.15, 0.2) is 0 Å². The van der Waals surface area contributed by atoms with Gasteiger partial charge in [-0.25, -0.2) is 0 Å². The van der Waals surface area contributed by atoms with Crippen LogP contribution < -0.4 is 5.32 Å². The van der Waals surface area contributed by atoms with Crippen molar-refractivity contribution in [1.82, 2.24) is 5.32 Å². The number of rotatable bonds is 3. The van der Waals surface area contributed by atoms with Gasteiger partial charge in [0.05, 0.1) is 0 Å². The molecule has 0 amide bonds. The van der Waals surface area contributed by atoms with Crippen molar-refractivity contribution in [3.63, 3.8) is 0 Å². The zero-order valence-electron chi connectivity index (χ0n) is 9.25. The molecule has 0 aliphatic heterocycles. The van der Waals surface area contributed by atoms with E-state index in [0.717, 1.165) is 11.8 Å². The van der Waals surface area contributed by atoms with E-state index in [-0.39, 0.29) is 0 Å². The summed E-state index contributed by atoms with van der Waals surface area (Å²) < 4.78 is 0. The van der Waals surface area contributed by atoms with E-state index in [9.17, 15) is 0 Å². The predicted molar refractivity (Wildman–Crippen MR) is 60.3 cm³/mol. The van der Waals surface area contributed by atoms with E-state index in [4.69, 9.17) is 0 Å². The first-order valence-electron chi connectivity index (χ1n) is 5.46. The van der Waals surface area contributed by atoms with Crippen molar-refractivity contribution in [3.8, 4) is 0 Å². The van der Waals surface area contributed by atoms with Gasteiger partial charge in [-0.1, -0.05) is 36.8 Å². The Labute approximate surface area is 86.5 Å². The van der Waals surface area contributed by atoms with Crippen molar-refractivity contribution >= 4 is 0 Å². The molecule has 0 spiro atoms. The third-order valence-electron chi connectivity index (χ3n) is 3.35. The van der Waals surface area contributed by atoms with Gasteiger partial charge in [0.2, 0.25) is 0 Å². The number of aryl methyl sites for hydroxylation is 1. The molecule has 2 rings (SSSR count). The highest BCUT2D eigenvalue weighted by atomic mass is 14.9. The molecule has 0 aromatic heterocycles. The van der Waals surface area contributed by atoms with Crippen molar-refractivity contribution in [3.05, 3.63) is 35.4 Å². The van der Waals surface area contributed by atoms with Gasteiger partial charge < -0.3 is 5.32 Å². The molecule has 3 atom stereocenters. The first kappa shape index (κ1) is 9.72. The minimum atomic E-state index is 0.561. The predicted octanol–water partition coefficient (Wildman–Crippen LogP) is 2.91. The zero-order valence-corrected chi connectivity index (χ0v) is 9.25. The molecule has 1 fully saturated rings. The molecule has 1 aromatic carbocycles. The Morgan fingerprint density at radius 3 is 2.29 bits per heavy atom. The van der Waals surface area contributed by atoms with E-state index in [2.05, 4.69) is 50.5 Å². The Morgan fingerprint density at radius 1 is 1.29 bits per heavy atom. The molecule has 3 unspecified atom stereocenters. The Hall–Kier alpha value is -0.820. The van der Waals surface area contributed by atoms with Crippen LogP contribution in [0.3, 0.4) is 0 Å². The zero-order chi connectivity index (χ0) is 10.1. The van der Waals surface area contributed by atoms with E-state index in [1.165, 1.54) is 17.5 Å². The van der Waals surface area contributed by atoms with Crippen LogP contribution in [0.25, 0.3) is 0 Å². The molecular formula is C13H19N. The largest absolute Gasteiger partial charge is 0.313 e. The summed E-state index contributed by atoms with van der Waals surface area (Å²) in [5.74, 6) is 1.75. The third kappa shape index (κ3) is 1.83. The van der Waals surface area contributed by atoms with Gasteiger partial charge in [-0.3, -0.25) is 0 Å². The van der Waals surface area contributed by atoms with Crippen LogP contribution in [-0.2, 0) is 0 Å². The van der Waals surface area contributed by atoms with Crippen LogP contribution in [0.4, 0.5) is 0 Å². The Bertz CT molecular complexity index is 302. The van der Waals surface area contributed by atoms with Crippen molar-refractivity contribution in [2.24, 2.45) is 11.8 Å². The van der Waals surface area contributed by atoms with Crippen molar-refractivity contribution in [2.75, 3.05) is 7.05 Å². The second kappa shape index (κ2) is 3.74. The molecule has 1 aliphatic carbocycles. The Balaban J connectivity index is 2.15. The van der Waals surface area contributed by atoms with E-state index >= 15 is 0 Å². The molecule has 0 saturated heterocycles. The van der Waals surface area contributed by atoms with Gasteiger partial charge >= 0.3 is 0 Å². The molecular weight excluding hydrogens is 170 g/mol. The molecule has 1 nitrogen and oxygen atoms in total. The fourth-order valence-electron chi connectivity index (χ4n) is 2.22. The van der Waals surface area contributed by atoms with E-state index < -0.39 is 0 Å². The molecule has 0 radical (unpaired) electrons. The minimum absolute atomic E-state index is 0.561. The van der Waals surface area contributed by atoms with Crippen molar-refractivity contribution in [2.45, 2.75) is 26.3 Å². The highest BCUT2D eigenvalue weighted by molar-refractivity contribution is 5.25. The lowest BCUT2D eigenvalue weighted by atomic mass is 10.0. The van der Waals surface area contributed by atoms with Crippen molar-refractivity contribution < 1.29 is 0 Å². The van der Waals surface area contributed by atoms with Crippen LogP contribution in [0.15, 0.2) is 24.3 Å². The maximum Gasteiger partial charge on any atom is 0.0348 e. The molecule has 14 heavy (non-hydrogen) atoms. The highest BCUT2D eigenvalue weighted by Crippen LogP contribution is 2.46. The Kier molecular flexibility index (Phi) is 2.60. The van der Waals surface area contributed by atoms with Gasteiger partial charge in [-0.05, 0) is 37.8 Å². The van der Waals surface area contributed by atoms with E-state index in [1.54, 1.807) is 0 Å². The fourth-order valence-corrected chi connectivity index (χ4v) is 2.22. The molecule has 1 heteroatoms. The highest BCUT2D eigenvalue weighted by Gasteiger charge is 2.39. The van der Waals surface area contributed by atoms with Gasteiger partial charge in [-0.15, -0.1) is 0 Å². The summed E-state index contributed by atoms with van der Waals surface area (Å²) in [7, 11) is 2.07. The fraction of sp³-hybridized carbons (Fsp3) is 0.538. The standard InChI is InChI=1S/C13H19N/c1-9-4-6-11(7-5-9)13(14-3)12-8-10(12)2/h4-7,10,12-14H,8H2,1-3H3. The maximum absolute atomic E-state index is 3.43. The second-order valence-corrected chi connectivity index (χ2v) is 4.55. The van der Waals surface area contributed by atoms with Crippen molar-refractivity contribution in [1.29, 1.82) is 0 Å². The molecule has 1 aromatic rings. The van der Waals surface area contributed by atoms with Crippen LogP contribution >= 0.6 is 0 Å². The SMILES string of the molecule is CNC(c1ccc(C)cc1)C1CC1C. The third-order valence-corrected chi connectivity index (χ3v) is 3.35. The summed E-state index contributed by atoms with van der Waals surface area (Å²) in [5, 5.41) is 3.43. The topological polar surface area (TPSA) is 12.0 Å². The lowest BCUT2D eigenvalue weighted by Gasteiger charge is -2.16. The molecule has 1 N–H and O–H groups in total. The summed E-state index contributed by atoms with van der Waals surface area (Å²) in [5.41, 5.74) is 2.78. The van der Waals surface area contributed by atoms with Gasteiger partial charge in [0.1, 0.15) is 0 Å². The summed E-state index contributed by atoms with van der Waals surface area (Å²) in [6.45, 7) is 4.47. The molecule has 0 bridgehead atoms. The van der Waals surface area contributed by atoms with Crippen LogP contribution in [0.2, 0.25) is 0 Å². The molecule has 0 heterocycles. The lowest BCUT2D eigenvalue weighted by molar-refractivity contribution is 0.504. The number of hydrogen-bond acceptors (Lipinski definition) is 1. The molecule has 1 saturated carbocycles. The minimum Gasteiger partial charge on any atom is -0.313 e. The lowest BCUT2D eigenvalue weighted by Crippen LogP contribution is -2.18. The number of hydrogen-bond donors (Lipinski definition) is 1. The quantitative estimate of drug-likeness (QED) is 0.771. The van der Waals surface area contributed by atoms with Crippen LogP contribution in [0.5, 0.6) is 0 Å². The summed E-state index contributed by atoms with van der Waals surface area (Å²) >= 11 is 0. The summed E-state index contributed by atoms with van der Waals surface area (Å²) in [6.07, 6.45) is 1.37. The monoisotopic (exact) mass is 189 g/mol. The van der Waals surface area contributed by atoms with Gasteiger partial charge in [0, 0.05) is 6.04 Å². The average molecular weight is 189 g/mol. The average Bonchev–Trinajstić information content (AvgIpc) is 2.88. The smallest absolute Gasteiger partial charge is 0.0348 e. The molecule has 76 valence electrons. The summed E-state index contributed by atoms with van der Waals surface area (Å²) in [6, 6.07) is 9.47. The van der Waals surface area contributed by atoms with Gasteiger partial charge in [-0.2, -0.15) is 0 Å². The first-order chi connectivity index (χ1) is 6.72. The van der Waals surface area contributed by atoms with Crippen LogP contribution in [0, 0.1) is 18.8 Å². The van der Waals surface area contributed by atoms with E-state index in [0.29, 0.717) is 6.04 Å². The maximum atomic E-state index is 3.43. The normalized spacial score (nSPS) is 27.4. The van der Waals surface area contributed by atoms with Gasteiger partial charge in [0.25, 0.3) is 0 Å². The van der Waals surface area contributed by atoms with Crippen LogP contribution in [-0.4, -0.2) is 7.05 Å². The first-order valence-corrected chi connectivity index (χ1v) is 5.46. The summed E-state index contributed by atoms with van der Waals surface area (Å²) in [4.78, 5) is 0.